The van der Waals surface area contributed by atoms with Crippen LogP contribution in [0.4, 0.5) is 4.39 Å². The Morgan fingerprint density at radius 2 is 2.00 bits per heavy atom. The van der Waals surface area contributed by atoms with Crippen LogP contribution >= 0.6 is 0 Å². The van der Waals surface area contributed by atoms with Crippen LogP contribution in [0.5, 0.6) is 0 Å². The fourth-order valence-corrected chi connectivity index (χ4v) is 2.42. The van der Waals surface area contributed by atoms with Crippen molar-refractivity contribution in [2.75, 3.05) is 0 Å². The molecule has 1 aliphatic rings. The van der Waals surface area contributed by atoms with Crippen molar-refractivity contribution >= 4 is 5.57 Å². The maximum Gasteiger partial charge on any atom is 0.216 e. The lowest BCUT2D eigenvalue weighted by molar-refractivity contribution is 0.398. The van der Waals surface area contributed by atoms with Gasteiger partial charge in [0, 0.05) is 5.56 Å². The second-order valence-electron chi connectivity index (χ2n) is 6.36. The van der Waals surface area contributed by atoms with Crippen LogP contribution in [0, 0.1) is 11.4 Å². The molecular weight excluding hydrogens is 225 g/mol. The second-order valence-corrected chi connectivity index (χ2v) is 6.36. The fourth-order valence-electron chi connectivity index (χ4n) is 2.42. The van der Waals surface area contributed by atoms with Gasteiger partial charge in [-0.3, -0.25) is 0 Å². The van der Waals surface area contributed by atoms with Crippen LogP contribution in [-0.2, 0) is 6.42 Å². The van der Waals surface area contributed by atoms with Crippen molar-refractivity contribution in [2.45, 2.75) is 52.9 Å². The first-order valence-corrected chi connectivity index (χ1v) is 6.80. The summed E-state index contributed by atoms with van der Waals surface area (Å²) >= 11 is 0. The molecule has 0 aliphatic heterocycles. The number of rotatable bonds is 2. The van der Waals surface area contributed by atoms with Crippen LogP contribution in [0.2, 0.25) is 0 Å². The van der Waals surface area contributed by atoms with Crippen LogP contribution in [0.15, 0.2) is 18.2 Å². The van der Waals surface area contributed by atoms with E-state index in [2.05, 4.69) is 31.8 Å². The molecule has 2 rings (SSSR count). The van der Waals surface area contributed by atoms with Crippen LogP contribution in [-0.4, -0.2) is 4.98 Å². The summed E-state index contributed by atoms with van der Waals surface area (Å²) in [5, 5.41) is 0. The average Bonchev–Trinajstić information content (AvgIpc) is 2.31. The van der Waals surface area contributed by atoms with E-state index in [1.165, 1.54) is 18.4 Å². The monoisotopic (exact) mass is 247 g/mol. The third kappa shape index (κ3) is 3.41. The van der Waals surface area contributed by atoms with Crippen molar-refractivity contribution in [3.8, 4) is 0 Å². The van der Waals surface area contributed by atoms with Gasteiger partial charge in [0.15, 0.2) is 0 Å². The molecule has 1 aromatic rings. The van der Waals surface area contributed by atoms with E-state index in [4.69, 9.17) is 0 Å². The van der Waals surface area contributed by atoms with Crippen LogP contribution in [0.1, 0.15) is 57.7 Å². The smallest absolute Gasteiger partial charge is 0.216 e. The van der Waals surface area contributed by atoms with E-state index in [0.29, 0.717) is 0 Å². The Hall–Kier alpha value is -1.18. The van der Waals surface area contributed by atoms with Crippen molar-refractivity contribution in [3.63, 3.8) is 0 Å². The first-order valence-electron chi connectivity index (χ1n) is 6.80. The number of halogens is 1. The standard InChI is InChI=1S/C16H22FN/c1-16(2,3)11-13-9-10-14(18-15(13)17)12-7-5-4-6-8-12/h7,9-10H,4-6,8,11H2,1-3H3. The van der Waals surface area contributed by atoms with Crippen LogP contribution < -0.4 is 0 Å². The molecule has 0 radical (unpaired) electrons. The number of aromatic nitrogens is 1. The largest absolute Gasteiger partial charge is 0.220 e. The molecule has 0 amide bonds. The lowest BCUT2D eigenvalue weighted by Gasteiger charge is -2.19. The number of hydrogen-bond acceptors (Lipinski definition) is 1. The second kappa shape index (κ2) is 5.21. The Bertz CT molecular complexity index is 455. The number of allylic oxidation sites excluding steroid dienone is 2. The van der Waals surface area contributed by atoms with Gasteiger partial charge < -0.3 is 0 Å². The first-order chi connectivity index (χ1) is 8.46. The molecule has 2 heteroatoms. The number of hydrogen-bond donors (Lipinski definition) is 0. The van der Waals surface area contributed by atoms with Gasteiger partial charge in [0.25, 0.3) is 0 Å². The molecule has 1 aliphatic carbocycles. The zero-order valence-corrected chi connectivity index (χ0v) is 11.6. The summed E-state index contributed by atoms with van der Waals surface area (Å²) in [6, 6.07) is 3.87. The highest BCUT2D eigenvalue weighted by atomic mass is 19.1. The van der Waals surface area contributed by atoms with Gasteiger partial charge in [0.2, 0.25) is 5.95 Å². The average molecular weight is 247 g/mol. The van der Waals surface area contributed by atoms with Crippen LogP contribution in [0.25, 0.3) is 5.57 Å². The van der Waals surface area contributed by atoms with Gasteiger partial charge in [-0.25, -0.2) is 4.98 Å². The lowest BCUT2D eigenvalue weighted by Crippen LogP contribution is -2.11. The van der Waals surface area contributed by atoms with E-state index < -0.39 is 0 Å². The zero-order chi connectivity index (χ0) is 13.2. The van der Waals surface area contributed by atoms with Crippen molar-refractivity contribution in [1.29, 1.82) is 0 Å². The molecule has 98 valence electrons. The highest BCUT2D eigenvalue weighted by Gasteiger charge is 2.16. The summed E-state index contributed by atoms with van der Waals surface area (Å²) in [5.74, 6) is -0.297. The normalized spacial score (nSPS) is 16.6. The van der Waals surface area contributed by atoms with Crippen molar-refractivity contribution in [1.82, 2.24) is 4.98 Å². The van der Waals surface area contributed by atoms with Gasteiger partial charge in [-0.15, -0.1) is 0 Å². The van der Waals surface area contributed by atoms with Gasteiger partial charge in [0.05, 0.1) is 5.69 Å². The van der Waals surface area contributed by atoms with Gasteiger partial charge in [-0.1, -0.05) is 32.9 Å². The number of pyridine rings is 1. The summed E-state index contributed by atoms with van der Waals surface area (Å²) < 4.78 is 14.0. The van der Waals surface area contributed by atoms with E-state index in [-0.39, 0.29) is 11.4 Å². The van der Waals surface area contributed by atoms with E-state index in [9.17, 15) is 4.39 Å². The molecule has 0 aromatic carbocycles. The lowest BCUT2D eigenvalue weighted by atomic mass is 9.88. The molecule has 0 spiro atoms. The third-order valence-corrected chi connectivity index (χ3v) is 3.27. The minimum Gasteiger partial charge on any atom is -0.220 e. The minimum atomic E-state index is -0.297. The molecular formula is C16H22FN. The Morgan fingerprint density at radius 3 is 2.56 bits per heavy atom. The highest BCUT2D eigenvalue weighted by Crippen LogP contribution is 2.27. The molecule has 0 saturated carbocycles. The quantitative estimate of drug-likeness (QED) is 0.686. The Balaban J connectivity index is 2.22. The summed E-state index contributed by atoms with van der Waals surface area (Å²) in [6.07, 6.45) is 7.50. The van der Waals surface area contributed by atoms with Gasteiger partial charge >= 0.3 is 0 Å². The van der Waals surface area contributed by atoms with Gasteiger partial charge in [-0.2, -0.15) is 4.39 Å². The Labute approximate surface area is 109 Å². The van der Waals surface area contributed by atoms with E-state index in [1.807, 2.05) is 12.1 Å². The fraction of sp³-hybridized carbons (Fsp3) is 0.562. The maximum atomic E-state index is 14.0. The zero-order valence-electron chi connectivity index (χ0n) is 11.6. The van der Waals surface area contributed by atoms with Crippen molar-refractivity contribution in [2.24, 2.45) is 5.41 Å². The van der Waals surface area contributed by atoms with E-state index >= 15 is 0 Å². The molecule has 1 heterocycles. The molecule has 1 nitrogen and oxygen atoms in total. The number of nitrogens with zero attached hydrogens (tertiary/aromatic N) is 1. The van der Waals surface area contributed by atoms with Gasteiger partial charge in [0.1, 0.15) is 0 Å². The molecule has 1 aromatic heterocycles. The molecule has 0 bridgehead atoms. The molecule has 18 heavy (non-hydrogen) atoms. The maximum absolute atomic E-state index is 14.0. The molecule has 0 atom stereocenters. The predicted octanol–water partition coefficient (Wildman–Crippen LogP) is 4.77. The summed E-state index contributed by atoms with van der Waals surface area (Å²) in [4.78, 5) is 4.15. The summed E-state index contributed by atoms with van der Waals surface area (Å²) in [5.41, 5.74) is 2.85. The van der Waals surface area contributed by atoms with Gasteiger partial charge in [-0.05, 0) is 49.2 Å². The SMILES string of the molecule is CC(C)(C)Cc1ccc(C2=CCCCC2)nc1F. The molecule has 0 saturated heterocycles. The van der Waals surface area contributed by atoms with E-state index in [1.54, 1.807) is 0 Å². The third-order valence-electron chi connectivity index (χ3n) is 3.27. The Kier molecular flexibility index (Phi) is 3.84. The highest BCUT2D eigenvalue weighted by molar-refractivity contribution is 5.63. The van der Waals surface area contributed by atoms with Crippen molar-refractivity contribution in [3.05, 3.63) is 35.4 Å². The predicted molar refractivity (Wildman–Crippen MR) is 73.8 cm³/mol. The molecule has 0 fully saturated rings. The van der Waals surface area contributed by atoms with E-state index in [0.717, 1.165) is 30.5 Å². The van der Waals surface area contributed by atoms with Crippen molar-refractivity contribution < 1.29 is 4.39 Å². The summed E-state index contributed by atoms with van der Waals surface area (Å²) in [6.45, 7) is 6.35. The summed E-state index contributed by atoms with van der Waals surface area (Å²) in [7, 11) is 0. The minimum absolute atomic E-state index is 0.0914. The Morgan fingerprint density at radius 1 is 1.22 bits per heavy atom. The first kappa shape index (κ1) is 13.3. The molecule has 0 N–H and O–H groups in total. The topological polar surface area (TPSA) is 12.9 Å². The molecule has 0 unspecified atom stereocenters. The van der Waals surface area contributed by atoms with Crippen LogP contribution in [0.3, 0.4) is 0 Å².